The van der Waals surface area contributed by atoms with Crippen LogP contribution in [0.4, 0.5) is 0 Å². The van der Waals surface area contributed by atoms with Gasteiger partial charge in [0.1, 0.15) is 6.29 Å². The average Bonchev–Trinajstić information content (AvgIpc) is 3.12. The van der Waals surface area contributed by atoms with Crippen molar-refractivity contribution in [1.29, 1.82) is 0 Å². The number of carbonyl (C=O) groups excluding carboxylic acids is 3. The molecule has 1 aromatic carbocycles. The van der Waals surface area contributed by atoms with Crippen molar-refractivity contribution in [3.8, 4) is 0 Å². The topological polar surface area (TPSA) is 104 Å². The number of aldehydes is 1. The normalized spacial score (nSPS) is 13.7. The number of nitrogens with one attached hydrogen (secondary N) is 1. The van der Waals surface area contributed by atoms with Gasteiger partial charge in [-0.15, -0.1) is 0 Å². The molecular weight excluding hydrogens is 408 g/mol. The molecule has 1 atom stereocenters. The Kier molecular flexibility index (Phi) is 10.9. The highest BCUT2D eigenvalue weighted by molar-refractivity contribution is 6.00. The number of aryl methyl sites for hydroxylation is 1. The summed E-state index contributed by atoms with van der Waals surface area (Å²) in [7, 11) is 1.56. The number of carboxylic acids is 1. The van der Waals surface area contributed by atoms with Crippen molar-refractivity contribution < 1.29 is 24.3 Å². The molecule has 0 aliphatic carbocycles. The number of carbonyl (C=O) groups is 4. The standard InChI is InChI=1S/C25H36N2O5/c1-26-23(29)16-15-20(18-28)27-17-22-19(12-10-13-21(22)25(27)32)11-8-6-4-2-3-5-7-9-14-24(30)31/h10,12-13,18,20H,2-9,11,14-17H2,1H3,(H,26,29)(H,30,31). The molecule has 1 aromatic rings. The Morgan fingerprint density at radius 2 is 1.72 bits per heavy atom. The Morgan fingerprint density at radius 1 is 1.06 bits per heavy atom. The number of carboxylic acid groups (broad SMARTS) is 1. The van der Waals surface area contributed by atoms with Gasteiger partial charge in [0.05, 0.1) is 6.04 Å². The van der Waals surface area contributed by atoms with Gasteiger partial charge >= 0.3 is 5.97 Å². The molecule has 0 radical (unpaired) electrons. The summed E-state index contributed by atoms with van der Waals surface area (Å²) in [6.07, 6.45) is 11.0. The maximum atomic E-state index is 12.9. The molecule has 176 valence electrons. The molecule has 0 saturated carbocycles. The van der Waals surface area contributed by atoms with Gasteiger partial charge in [0.2, 0.25) is 5.91 Å². The Balaban J connectivity index is 1.77. The van der Waals surface area contributed by atoms with Crippen molar-refractivity contribution in [2.24, 2.45) is 0 Å². The van der Waals surface area contributed by atoms with Crippen molar-refractivity contribution in [3.63, 3.8) is 0 Å². The number of fused-ring (bicyclic) bond motifs is 1. The largest absolute Gasteiger partial charge is 0.481 e. The SMILES string of the molecule is CNC(=O)CCC(C=O)N1Cc2c(CCCCCCCCCCC(=O)O)cccc2C1=O. The first-order valence-electron chi connectivity index (χ1n) is 11.8. The fourth-order valence-electron chi connectivity index (χ4n) is 4.27. The fourth-order valence-corrected chi connectivity index (χ4v) is 4.27. The molecule has 0 saturated heterocycles. The van der Waals surface area contributed by atoms with Gasteiger partial charge in [-0.3, -0.25) is 14.4 Å². The highest BCUT2D eigenvalue weighted by Gasteiger charge is 2.33. The number of amides is 2. The molecule has 32 heavy (non-hydrogen) atoms. The molecule has 2 amide bonds. The first kappa shape index (κ1) is 25.6. The van der Waals surface area contributed by atoms with Crippen molar-refractivity contribution in [2.75, 3.05) is 7.05 Å². The third-order valence-electron chi connectivity index (χ3n) is 6.18. The maximum absolute atomic E-state index is 12.9. The van der Waals surface area contributed by atoms with E-state index in [9.17, 15) is 19.2 Å². The van der Waals surface area contributed by atoms with Crippen molar-refractivity contribution in [2.45, 2.75) is 89.6 Å². The van der Waals surface area contributed by atoms with E-state index in [1.807, 2.05) is 12.1 Å². The summed E-state index contributed by atoms with van der Waals surface area (Å²) in [5, 5.41) is 11.2. The predicted molar refractivity (Wildman–Crippen MR) is 122 cm³/mol. The second-order valence-corrected chi connectivity index (χ2v) is 8.51. The molecule has 0 bridgehead atoms. The average molecular weight is 445 g/mol. The Bertz CT molecular complexity index is 793. The summed E-state index contributed by atoms with van der Waals surface area (Å²) >= 11 is 0. The van der Waals surface area contributed by atoms with E-state index in [0.29, 0.717) is 18.5 Å². The van der Waals surface area contributed by atoms with E-state index in [1.54, 1.807) is 11.9 Å². The summed E-state index contributed by atoms with van der Waals surface area (Å²) in [4.78, 5) is 48.1. The van der Waals surface area contributed by atoms with Crippen molar-refractivity contribution >= 4 is 24.1 Å². The lowest BCUT2D eigenvalue weighted by molar-refractivity contribution is -0.137. The van der Waals surface area contributed by atoms with Crippen LogP contribution >= 0.6 is 0 Å². The van der Waals surface area contributed by atoms with Crippen LogP contribution in [-0.4, -0.2) is 47.2 Å². The van der Waals surface area contributed by atoms with Gasteiger partial charge in [-0.05, 0) is 42.9 Å². The van der Waals surface area contributed by atoms with E-state index in [1.165, 1.54) is 12.0 Å². The molecule has 0 aromatic heterocycles. The van der Waals surface area contributed by atoms with Crippen LogP contribution in [0.25, 0.3) is 0 Å². The van der Waals surface area contributed by atoms with Crippen LogP contribution in [-0.2, 0) is 27.3 Å². The smallest absolute Gasteiger partial charge is 0.303 e. The maximum Gasteiger partial charge on any atom is 0.303 e. The number of aliphatic carboxylic acids is 1. The van der Waals surface area contributed by atoms with Gasteiger partial charge in [0.25, 0.3) is 5.91 Å². The zero-order valence-corrected chi connectivity index (χ0v) is 19.1. The van der Waals surface area contributed by atoms with E-state index >= 15 is 0 Å². The summed E-state index contributed by atoms with van der Waals surface area (Å²) in [6.45, 7) is 0.428. The second-order valence-electron chi connectivity index (χ2n) is 8.51. The number of benzene rings is 1. The summed E-state index contributed by atoms with van der Waals surface area (Å²) in [5.41, 5.74) is 2.86. The lowest BCUT2D eigenvalue weighted by Gasteiger charge is -2.22. The predicted octanol–water partition coefficient (Wildman–Crippen LogP) is 3.87. The summed E-state index contributed by atoms with van der Waals surface area (Å²) < 4.78 is 0. The number of hydrogen-bond donors (Lipinski definition) is 2. The van der Waals surface area contributed by atoms with Crippen molar-refractivity contribution in [3.05, 3.63) is 34.9 Å². The van der Waals surface area contributed by atoms with Gasteiger partial charge in [0.15, 0.2) is 0 Å². The lowest BCUT2D eigenvalue weighted by atomic mass is 9.98. The van der Waals surface area contributed by atoms with Crippen LogP contribution in [0.5, 0.6) is 0 Å². The first-order valence-corrected chi connectivity index (χ1v) is 11.8. The lowest BCUT2D eigenvalue weighted by Crippen LogP contribution is -2.37. The van der Waals surface area contributed by atoms with E-state index in [2.05, 4.69) is 11.4 Å². The molecule has 7 heteroatoms. The zero-order chi connectivity index (χ0) is 23.3. The quantitative estimate of drug-likeness (QED) is 0.297. The highest BCUT2D eigenvalue weighted by Crippen LogP contribution is 2.29. The number of hydrogen-bond acceptors (Lipinski definition) is 4. The Hall–Kier alpha value is -2.70. The zero-order valence-electron chi connectivity index (χ0n) is 19.1. The number of nitrogens with zero attached hydrogens (tertiary/aromatic N) is 1. The van der Waals surface area contributed by atoms with Gasteiger partial charge in [0, 0.05) is 32.0 Å². The minimum Gasteiger partial charge on any atom is -0.481 e. The molecule has 1 heterocycles. The van der Waals surface area contributed by atoms with Crippen LogP contribution < -0.4 is 5.32 Å². The van der Waals surface area contributed by atoms with Crippen LogP contribution in [0.2, 0.25) is 0 Å². The molecule has 1 unspecified atom stereocenters. The minimum atomic E-state index is -0.715. The first-order chi connectivity index (χ1) is 15.5. The molecule has 2 N–H and O–H groups in total. The van der Waals surface area contributed by atoms with E-state index < -0.39 is 12.0 Å². The third kappa shape index (κ3) is 7.77. The van der Waals surface area contributed by atoms with E-state index in [0.717, 1.165) is 63.2 Å². The van der Waals surface area contributed by atoms with Crippen LogP contribution in [0.3, 0.4) is 0 Å². The molecule has 7 nitrogen and oxygen atoms in total. The molecule has 0 spiro atoms. The van der Waals surface area contributed by atoms with Crippen LogP contribution in [0.15, 0.2) is 18.2 Å². The third-order valence-corrected chi connectivity index (χ3v) is 6.18. The molecule has 1 aliphatic heterocycles. The Morgan fingerprint density at radius 3 is 2.34 bits per heavy atom. The highest BCUT2D eigenvalue weighted by atomic mass is 16.4. The van der Waals surface area contributed by atoms with Crippen LogP contribution in [0, 0.1) is 0 Å². The number of rotatable bonds is 16. The molecule has 0 fully saturated rings. The van der Waals surface area contributed by atoms with E-state index in [-0.39, 0.29) is 24.7 Å². The second kappa shape index (κ2) is 13.7. The van der Waals surface area contributed by atoms with Gasteiger partial charge < -0.3 is 20.1 Å². The monoisotopic (exact) mass is 444 g/mol. The molecular formula is C25H36N2O5. The fraction of sp³-hybridized carbons (Fsp3) is 0.600. The molecule has 2 rings (SSSR count). The van der Waals surface area contributed by atoms with Crippen LogP contribution in [0.1, 0.15) is 92.1 Å². The van der Waals surface area contributed by atoms with Gasteiger partial charge in [-0.25, -0.2) is 0 Å². The number of unbranched alkanes of at least 4 members (excludes halogenated alkanes) is 7. The summed E-state index contributed by atoms with van der Waals surface area (Å²) in [5.74, 6) is -0.978. The van der Waals surface area contributed by atoms with Crippen molar-refractivity contribution in [1.82, 2.24) is 10.2 Å². The Labute approximate surface area is 190 Å². The van der Waals surface area contributed by atoms with Gasteiger partial charge in [-0.1, -0.05) is 50.7 Å². The summed E-state index contributed by atoms with van der Waals surface area (Å²) in [6, 6.07) is 5.22. The minimum absolute atomic E-state index is 0.126. The molecule has 1 aliphatic rings. The van der Waals surface area contributed by atoms with Gasteiger partial charge in [-0.2, -0.15) is 0 Å². The van der Waals surface area contributed by atoms with E-state index in [4.69, 9.17) is 5.11 Å².